The molecule has 0 fully saturated rings. The first kappa shape index (κ1) is 23.5. The summed E-state index contributed by atoms with van der Waals surface area (Å²) < 4.78 is 80.7. The largest absolute Gasteiger partial charge is 0.484 e. The molecule has 2 rings (SSSR count). The highest BCUT2D eigenvalue weighted by molar-refractivity contribution is 5.93. The lowest BCUT2D eigenvalue weighted by Gasteiger charge is -2.21. The van der Waals surface area contributed by atoms with Crippen molar-refractivity contribution in [2.24, 2.45) is 0 Å². The van der Waals surface area contributed by atoms with Crippen molar-refractivity contribution in [1.82, 2.24) is 4.90 Å². The molecule has 0 aliphatic rings. The first-order chi connectivity index (χ1) is 14.0. The molecule has 0 aliphatic carbocycles. The maximum Gasteiger partial charge on any atom is 0.422 e. The van der Waals surface area contributed by atoms with Crippen molar-refractivity contribution in [3.63, 3.8) is 0 Å². The molecule has 0 spiro atoms. The minimum Gasteiger partial charge on any atom is -0.484 e. The molecule has 1 N–H and O–H groups in total. The van der Waals surface area contributed by atoms with Gasteiger partial charge in [-0.15, -0.1) is 0 Å². The fourth-order valence-corrected chi connectivity index (χ4v) is 2.67. The number of amides is 1. The molecule has 0 saturated heterocycles. The van der Waals surface area contributed by atoms with Gasteiger partial charge in [0, 0.05) is 6.54 Å². The van der Waals surface area contributed by atoms with E-state index < -0.39 is 30.4 Å². The third-order valence-corrected chi connectivity index (χ3v) is 4.03. The fourth-order valence-electron chi connectivity index (χ4n) is 2.67. The lowest BCUT2D eigenvalue weighted by atomic mass is 10.1. The number of hydrogen-bond donors (Lipinski definition) is 1. The lowest BCUT2D eigenvalue weighted by Crippen LogP contribution is -2.33. The molecule has 0 bridgehead atoms. The van der Waals surface area contributed by atoms with Crippen molar-refractivity contribution in [3.05, 3.63) is 59.7 Å². The van der Waals surface area contributed by atoms with Crippen LogP contribution < -0.4 is 10.1 Å². The molecule has 0 heterocycles. The number of halogens is 6. The molecule has 10 heteroatoms. The predicted octanol–water partition coefficient (Wildman–Crippen LogP) is 5.11. The molecule has 30 heavy (non-hydrogen) atoms. The summed E-state index contributed by atoms with van der Waals surface area (Å²) in [5.41, 5.74) is -0.690. The molecule has 0 atom stereocenters. The summed E-state index contributed by atoms with van der Waals surface area (Å²) in [4.78, 5) is 13.9. The minimum absolute atomic E-state index is 0.0319. The van der Waals surface area contributed by atoms with Gasteiger partial charge in [0.05, 0.1) is 17.8 Å². The van der Waals surface area contributed by atoms with Crippen LogP contribution in [0.15, 0.2) is 48.5 Å². The second-order valence-electron chi connectivity index (χ2n) is 6.45. The molecule has 4 nitrogen and oxygen atoms in total. The van der Waals surface area contributed by atoms with E-state index in [1.165, 1.54) is 36.4 Å². The second-order valence-corrected chi connectivity index (χ2v) is 6.45. The summed E-state index contributed by atoms with van der Waals surface area (Å²) in [6.07, 6.45) is -9.07. The van der Waals surface area contributed by atoms with Gasteiger partial charge < -0.3 is 10.1 Å². The number of benzene rings is 2. The Hall–Kier alpha value is -2.75. The van der Waals surface area contributed by atoms with Crippen LogP contribution in [-0.4, -0.2) is 36.7 Å². The van der Waals surface area contributed by atoms with E-state index >= 15 is 0 Å². The summed E-state index contributed by atoms with van der Waals surface area (Å²) in [5.74, 6) is -0.609. The number of hydrogen-bond acceptors (Lipinski definition) is 3. The van der Waals surface area contributed by atoms with Gasteiger partial charge in [0.25, 0.3) is 0 Å². The van der Waals surface area contributed by atoms with Gasteiger partial charge in [-0.05, 0) is 36.4 Å². The summed E-state index contributed by atoms with van der Waals surface area (Å²) >= 11 is 0. The Morgan fingerprint density at radius 2 is 1.73 bits per heavy atom. The Morgan fingerprint density at radius 3 is 2.37 bits per heavy atom. The molecule has 2 aromatic rings. The Bertz CT molecular complexity index is 852. The van der Waals surface area contributed by atoms with E-state index in [0.717, 1.165) is 6.07 Å². The first-order valence-corrected chi connectivity index (χ1v) is 8.95. The number of carbonyl (C=O) groups is 1. The second kappa shape index (κ2) is 9.84. The molecule has 2 aromatic carbocycles. The molecule has 0 radical (unpaired) electrons. The van der Waals surface area contributed by atoms with Gasteiger partial charge in [-0.25, -0.2) is 0 Å². The monoisotopic (exact) mass is 434 g/mol. The average molecular weight is 434 g/mol. The van der Waals surface area contributed by atoms with Gasteiger partial charge >= 0.3 is 12.4 Å². The first-order valence-electron chi connectivity index (χ1n) is 8.95. The van der Waals surface area contributed by atoms with E-state index in [1.807, 2.05) is 0 Å². The standard InChI is InChI=1S/C20H20F6N2O2/c1-2-28(11-14-6-5-7-15(10-14)30-13-19(21,22)23)12-18(29)27-17-9-4-3-8-16(17)20(24,25)26/h3-10H,2,11-13H2,1H3,(H,27,29). The lowest BCUT2D eigenvalue weighted by molar-refractivity contribution is -0.153. The molecular weight excluding hydrogens is 414 g/mol. The Morgan fingerprint density at radius 1 is 1.03 bits per heavy atom. The number of anilines is 1. The number of para-hydroxylation sites is 1. The van der Waals surface area contributed by atoms with Gasteiger partial charge in [-0.2, -0.15) is 26.3 Å². The SMILES string of the molecule is CCN(CC(=O)Nc1ccccc1C(F)(F)F)Cc1cccc(OCC(F)(F)F)c1. The van der Waals surface area contributed by atoms with Crippen molar-refractivity contribution in [2.45, 2.75) is 25.8 Å². The van der Waals surface area contributed by atoms with E-state index in [1.54, 1.807) is 17.9 Å². The Balaban J connectivity index is 2.00. The maximum atomic E-state index is 13.0. The van der Waals surface area contributed by atoms with Crippen LogP contribution in [0.3, 0.4) is 0 Å². The highest BCUT2D eigenvalue weighted by atomic mass is 19.4. The zero-order valence-corrected chi connectivity index (χ0v) is 16.0. The van der Waals surface area contributed by atoms with Gasteiger partial charge in [0.1, 0.15) is 5.75 Å². The van der Waals surface area contributed by atoms with Crippen LogP contribution in [0.25, 0.3) is 0 Å². The van der Waals surface area contributed by atoms with Crippen molar-refractivity contribution >= 4 is 11.6 Å². The topological polar surface area (TPSA) is 41.6 Å². The summed E-state index contributed by atoms with van der Waals surface area (Å²) in [6, 6.07) is 10.6. The van der Waals surface area contributed by atoms with Gasteiger partial charge in [-0.3, -0.25) is 9.69 Å². The summed E-state index contributed by atoms with van der Waals surface area (Å²) in [6.45, 7) is 0.724. The number of carbonyl (C=O) groups excluding carboxylic acids is 1. The van der Waals surface area contributed by atoms with E-state index in [9.17, 15) is 31.1 Å². The Kier molecular flexibility index (Phi) is 7.71. The fraction of sp³-hybridized carbons (Fsp3) is 0.350. The van der Waals surface area contributed by atoms with Crippen LogP contribution in [0.5, 0.6) is 5.75 Å². The van der Waals surface area contributed by atoms with E-state index in [4.69, 9.17) is 4.74 Å². The molecule has 164 valence electrons. The van der Waals surface area contributed by atoms with Crippen LogP contribution in [0, 0.1) is 0 Å². The molecule has 0 aromatic heterocycles. The smallest absolute Gasteiger partial charge is 0.422 e. The van der Waals surface area contributed by atoms with Crippen molar-refractivity contribution in [2.75, 3.05) is 25.0 Å². The third kappa shape index (κ3) is 7.58. The molecular formula is C20H20F6N2O2. The minimum atomic E-state index is -4.61. The summed E-state index contributed by atoms with van der Waals surface area (Å²) in [7, 11) is 0. The molecule has 0 unspecified atom stereocenters. The highest BCUT2D eigenvalue weighted by Crippen LogP contribution is 2.34. The number of ether oxygens (including phenoxy) is 1. The van der Waals surface area contributed by atoms with E-state index in [-0.39, 0.29) is 24.5 Å². The zero-order valence-electron chi connectivity index (χ0n) is 16.0. The normalized spacial score (nSPS) is 12.1. The van der Waals surface area contributed by atoms with Gasteiger partial charge in [0.15, 0.2) is 6.61 Å². The molecule has 0 aliphatic heterocycles. The number of likely N-dealkylation sites (N-methyl/N-ethyl adjacent to an activating group) is 1. The number of nitrogens with one attached hydrogen (secondary N) is 1. The third-order valence-electron chi connectivity index (χ3n) is 4.03. The van der Waals surface area contributed by atoms with Crippen LogP contribution in [-0.2, 0) is 17.5 Å². The molecule has 1 amide bonds. The molecule has 0 saturated carbocycles. The number of alkyl halides is 6. The van der Waals surface area contributed by atoms with E-state index in [0.29, 0.717) is 12.1 Å². The van der Waals surface area contributed by atoms with E-state index in [2.05, 4.69) is 5.32 Å². The van der Waals surface area contributed by atoms with Crippen LogP contribution in [0.4, 0.5) is 32.0 Å². The maximum absolute atomic E-state index is 13.0. The van der Waals surface area contributed by atoms with Crippen LogP contribution in [0.2, 0.25) is 0 Å². The van der Waals surface area contributed by atoms with Crippen molar-refractivity contribution in [3.8, 4) is 5.75 Å². The Labute approximate surface area is 169 Å². The van der Waals surface area contributed by atoms with Crippen molar-refractivity contribution in [1.29, 1.82) is 0 Å². The van der Waals surface area contributed by atoms with Gasteiger partial charge in [-0.1, -0.05) is 31.2 Å². The number of rotatable bonds is 8. The van der Waals surface area contributed by atoms with Gasteiger partial charge in [0.2, 0.25) is 5.91 Å². The highest BCUT2D eigenvalue weighted by Gasteiger charge is 2.33. The average Bonchev–Trinajstić information content (AvgIpc) is 2.65. The van der Waals surface area contributed by atoms with Crippen molar-refractivity contribution < 1.29 is 35.9 Å². The summed E-state index contributed by atoms with van der Waals surface area (Å²) in [5, 5.41) is 2.27. The van der Waals surface area contributed by atoms with Crippen LogP contribution in [0.1, 0.15) is 18.1 Å². The number of nitrogens with zero attached hydrogens (tertiary/aromatic N) is 1. The predicted molar refractivity (Wildman–Crippen MR) is 99.0 cm³/mol. The zero-order chi connectivity index (χ0) is 22.4. The quantitative estimate of drug-likeness (QED) is 0.588. The van der Waals surface area contributed by atoms with Crippen LogP contribution >= 0.6 is 0 Å².